The summed E-state index contributed by atoms with van der Waals surface area (Å²) in [5.74, 6) is 0.354. The third-order valence-corrected chi connectivity index (χ3v) is 5.19. The number of carbonyl (C=O) groups is 1. The highest BCUT2D eigenvalue weighted by atomic mass is 16.1. The number of ketones is 1. The van der Waals surface area contributed by atoms with Gasteiger partial charge in [-0.2, -0.15) is 0 Å². The predicted octanol–water partition coefficient (Wildman–Crippen LogP) is 5.99. The second kappa shape index (κ2) is 7.36. The van der Waals surface area contributed by atoms with Crippen LogP contribution in [0.15, 0.2) is 54.7 Å². The minimum absolute atomic E-state index is 0.354. The summed E-state index contributed by atoms with van der Waals surface area (Å²) in [6.07, 6.45) is 4.92. The lowest BCUT2D eigenvalue weighted by Crippen LogP contribution is -1.99. The minimum Gasteiger partial charge on any atom is -0.353 e. The summed E-state index contributed by atoms with van der Waals surface area (Å²) in [5.41, 5.74) is 6.86. The molecule has 136 valence electrons. The molecule has 0 fully saturated rings. The number of rotatable bonds is 6. The summed E-state index contributed by atoms with van der Waals surface area (Å²) >= 11 is 0. The molecule has 2 aromatic carbocycles. The van der Waals surface area contributed by atoms with Crippen molar-refractivity contribution in [3.05, 3.63) is 66.0 Å². The van der Waals surface area contributed by atoms with E-state index in [9.17, 15) is 4.79 Å². The van der Waals surface area contributed by atoms with Crippen LogP contribution in [-0.4, -0.2) is 15.8 Å². The fraction of sp³-hybridized carbons (Fsp3) is 0.250. The Morgan fingerprint density at radius 3 is 2.70 bits per heavy atom. The molecule has 27 heavy (non-hydrogen) atoms. The summed E-state index contributed by atoms with van der Waals surface area (Å²) in [6, 6.07) is 17.2. The van der Waals surface area contributed by atoms with Gasteiger partial charge in [0.25, 0.3) is 0 Å². The van der Waals surface area contributed by atoms with Gasteiger partial charge in [-0.3, -0.25) is 9.78 Å². The average molecular weight is 356 g/mol. The quantitative estimate of drug-likeness (QED) is 0.461. The fourth-order valence-electron chi connectivity index (χ4n) is 3.73. The number of Topliss-reactive ketones (excluding diaryl/α,β-unsaturated/α-hetero) is 1. The molecule has 0 amide bonds. The molecular formula is C24H24N2O. The van der Waals surface area contributed by atoms with E-state index in [2.05, 4.69) is 65.4 Å². The number of fused-ring (bicyclic) bond motifs is 3. The maximum absolute atomic E-state index is 11.8. The zero-order valence-electron chi connectivity index (χ0n) is 15.9. The van der Waals surface area contributed by atoms with Crippen LogP contribution < -0.4 is 0 Å². The van der Waals surface area contributed by atoms with E-state index in [0.717, 1.165) is 29.6 Å². The molecule has 2 heterocycles. The van der Waals surface area contributed by atoms with Gasteiger partial charge in [0, 0.05) is 35.3 Å². The van der Waals surface area contributed by atoms with Crippen LogP contribution in [0.25, 0.3) is 32.9 Å². The molecule has 3 nitrogen and oxygen atoms in total. The molecule has 0 bridgehead atoms. The molecule has 2 aromatic heterocycles. The first-order valence-corrected chi connectivity index (χ1v) is 9.64. The van der Waals surface area contributed by atoms with Crippen LogP contribution in [0.5, 0.6) is 0 Å². The van der Waals surface area contributed by atoms with E-state index in [0.29, 0.717) is 18.6 Å². The molecule has 0 saturated heterocycles. The summed E-state index contributed by atoms with van der Waals surface area (Å²) in [6.45, 7) is 4.08. The second-order valence-electron chi connectivity index (χ2n) is 7.19. The highest BCUT2D eigenvalue weighted by Crippen LogP contribution is 2.31. The lowest BCUT2D eigenvalue weighted by molar-refractivity contribution is -0.119. The second-order valence-corrected chi connectivity index (χ2v) is 7.19. The molecule has 0 atom stereocenters. The monoisotopic (exact) mass is 356 g/mol. The number of nitrogens with zero attached hydrogens (tertiary/aromatic N) is 1. The molecule has 0 saturated carbocycles. The van der Waals surface area contributed by atoms with Crippen molar-refractivity contribution in [2.45, 2.75) is 39.5 Å². The van der Waals surface area contributed by atoms with Gasteiger partial charge in [0.1, 0.15) is 5.78 Å². The maximum atomic E-state index is 11.8. The van der Waals surface area contributed by atoms with Crippen LogP contribution in [-0.2, 0) is 11.2 Å². The first-order valence-electron chi connectivity index (χ1n) is 9.64. The number of pyridine rings is 1. The Labute approximate surface area is 159 Å². The van der Waals surface area contributed by atoms with Gasteiger partial charge < -0.3 is 4.98 Å². The van der Waals surface area contributed by atoms with Crippen molar-refractivity contribution in [1.82, 2.24) is 9.97 Å². The number of H-pyrrole nitrogens is 1. The molecule has 4 aromatic rings. The Morgan fingerprint density at radius 2 is 1.85 bits per heavy atom. The Bertz CT molecular complexity index is 1120. The number of aromatic amines is 1. The number of aryl methyl sites for hydroxylation is 2. The van der Waals surface area contributed by atoms with Gasteiger partial charge in [-0.25, -0.2) is 0 Å². The van der Waals surface area contributed by atoms with E-state index in [1.807, 2.05) is 13.1 Å². The molecular weight excluding hydrogens is 332 g/mol. The standard InChI is InChI=1S/C24H24N2O/c1-3-5-20(27)10-8-17-6-4-7-18(14-17)19-9-11-23-22(15-19)21-12-13-25-16(2)24(21)26-23/h4,6-7,9,11-15,26H,3,5,8,10H2,1-2H3. The Kier molecular flexibility index (Phi) is 4.76. The van der Waals surface area contributed by atoms with E-state index < -0.39 is 0 Å². The van der Waals surface area contributed by atoms with Crippen molar-refractivity contribution in [2.75, 3.05) is 0 Å². The molecule has 4 rings (SSSR count). The molecule has 0 aliphatic carbocycles. The third kappa shape index (κ3) is 3.50. The van der Waals surface area contributed by atoms with Gasteiger partial charge in [-0.1, -0.05) is 37.3 Å². The van der Waals surface area contributed by atoms with Crippen LogP contribution in [0.3, 0.4) is 0 Å². The fourth-order valence-corrected chi connectivity index (χ4v) is 3.73. The smallest absolute Gasteiger partial charge is 0.133 e. The molecule has 0 unspecified atom stereocenters. The third-order valence-electron chi connectivity index (χ3n) is 5.19. The Morgan fingerprint density at radius 1 is 1.00 bits per heavy atom. The largest absolute Gasteiger partial charge is 0.353 e. The summed E-state index contributed by atoms with van der Waals surface area (Å²) in [7, 11) is 0. The first kappa shape index (κ1) is 17.5. The van der Waals surface area contributed by atoms with Crippen molar-refractivity contribution in [3.8, 4) is 11.1 Å². The molecule has 0 aliphatic heterocycles. The number of carbonyl (C=O) groups excluding carboxylic acids is 1. The van der Waals surface area contributed by atoms with Crippen LogP contribution in [0.2, 0.25) is 0 Å². The van der Waals surface area contributed by atoms with Gasteiger partial charge in [-0.05, 0) is 54.7 Å². The van der Waals surface area contributed by atoms with Crippen molar-refractivity contribution in [3.63, 3.8) is 0 Å². The average Bonchev–Trinajstić information content (AvgIpc) is 3.06. The van der Waals surface area contributed by atoms with E-state index in [-0.39, 0.29) is 0 Å². The lowest BCUT2D eigenvalue weighted by Gasteiger charge is -2.06. The first-order chi connectivity index (χ1) is 13.2. The zero-order chi connectivity index (χ0) is 18.8. The van der Waals surface area contributed by atoms with Crippen molar-refractivity contribution >= 4 is 27.6 Å². The molecule has 0 radical (unpaired) electrons. The Balaban J connectivity index is 1.68. The molecule has 0 spiro atoms. The van der Waals surface area contributed by atoms with Crippen LogP contribution in [0.1, 0.15) is 37.4 Å². The van der Waals surface area contributed by atoms with Crippen LogP contribution >= 0.6 is 0 Å². The maximum Gasteiger partial charge on any atom is 0.133 e. The Hall–Kier alpha value is -2.94. The SMILES string of the molecule is CCCC(=O)CCc1cccc(-c2ccc3[nH]c4c(C)nccc4c3c2)c1. The van der Waals surface area contributed by atoms with Crippen molar-refractivity contribution < 1.29 is 4.79 Å². The molecule has 1 N–H and O–H groups in total. The number of benzene rings is 2. The highest BCUT2D eigenvalue weighted by Gasteiger charge is 2.09. The topological polar surface area (TPSA) is 45.8 Å². The van der Waals surface area contributed by atoms with Gasteiger partial charge in [0.05, 0.1) is 11.2 Å². The van der Waals surface area contributed by atoms with E-state index >= 15 is 0 Å². The van der Waals surface area contributed by atoms with E-state index in [4.69, 9.17) is 0 Å². The lowest BCUT2D eigenvalue weighted by atomic mass is 9.98. The summed E-state index contributed by atoms with van der Waals surface area (Å²) in [5, 5.41) is 2.43. The molecule has 3 heteroatoms. The number of hydrogen-bond donors (Lipinski definition) is 1. The number of hydrogen-bond acceptors (Lipinski definition) is 2. The van der Waals surface area contributed by atoms with Gasteiger partial charge >= 0.3 is 0 Å². The van der Waals surface area contributed by atoms with Gasteiger partial charge in [0.2, 0.25) is 0 Å². The van der Waals surface area contributed by atoms with Crippen LogP contribution in [0.4, 0.5) is 0 Å². The molecule has 0 aliphatic rings. The minimum atomic E-state index is 0.354. The number of nitrogens with one attached hydrogen (secondary N) is 1. The van der Waals surface area contributed by atoms with Gasteiger partial charge in [0.15, 0.2) is 0 Å². The van der Waals surface area contributed by atoms with E-state index in [1.165, 1.54) is 27.5 Å². The zero-order valence-corrected chi connectivity index (χ0v) is 15.9. The predicted molar refractivity (Wildman–Crippen MR) is 112 cm³/mol. The summed E-state index contributed by atoms with van der Waals surface area (Å²) in [4.78, 5) is 19.7. The van der Waals surface area contributed by atoms with E-state index in [1.54, 1.807) is 0 Å². The normalized spacial score (nSPS) is 11.3. The van der Waals surface area contributed by atoms with Crippen LogP contribution in [0, 0.1) is 6.92 Å². The summed E-state index contributed by atoms with van der Waals surface area (Å²) < 4.78 is 0. The van der Waals surface area contributed by atoms with Crippen molar-refractivity contribution in [2.24, 2.45) is 0 Å². The number of aromatic nitrogens is 2. The van der Waals surface area contributed by atoms with Crippen molar-refractivity contribution in [1.29, 1.82) is 0 Å². The highest BCUT2D eigenvalue weighted by molar-refractivity contribution is 6.09. The van der Waals surface area contributed by atoms with Gasteiger partial charge in [-0.15, -0.1) is 0 Å².